The Morgan fingerprint density at radius 1 is 1.00 bits per heavy atom. The van der Waals surface area contributed by atoms with Crippen molar-refractivity contribution < 1.29 is 14.3 Å². The number of pyridine rings is 3. The van der Waals surface area contributed by atoms with Gasteiger partial charge in [-0.3, -0.25) is 14.8 Å². The molecule has 33 heavy (non-hydrogen) atoms. The first kappa shape index (κ1) is 20.6. The molecule has 1 aliphatic heterocycles. The van der Waals surface area contributed by atoms with E-state index in [4.69, 9.17) is 9.47 Å². The van der Waals surface area contributed by atoms with Crippen LogP contribution in [0.3, 0.4) is 0 Å². The van der Waals surface area contributed by atoms with Crippen molar-refractivity contribution in [1.82, 2.24) is 20.3 Å². The third-order valence-corrected chi connectivity index (χ3v) is 5.46. The fourth-order valence-electron chi connectivity index (χ4n) is 3.81. The summed E-state index contributed by atoms with van der Waals surface area (Å²) in [7, 11) is 0. The van der Waals surface area contributed by atoms with E-state index in [9.17, 15) is 4.79 Å². The molecule has 1 aromatic carbocycles. The Morgan fingerprint density at radius 2 is 1.91 bits per heavy atom. The quantitative estimate of drug-likeness (QED) is 0.492. The van der Waals surface area contributed by atoms with E-state index in [1.807, 2.05) is 36.4 Å². The molecule has 1 aliphatic rings. The highest BCUT2D eigenvalue weighted by molar-refractivity contribution is 5.94. The van der Waals surface area contributed by atoms with E-state index < -0.39 is 0 Å². The van der Waals surface area contributed by atoms with Crippen LogP contribution in [0.15, 0.2) is 85.6 Å². The average Bonchev–Trinajstić information content (AvgIpc) is 2.88. The fraction of sp³-hybridized carbons (Fsp3) is 0.154. The summed E-state index contributed by atoms with van der Waals surface area (Å²) in [5.41, 5.74) is 4.66. The minimum atomic E-state index is -0.195. The van der Waals surface area contributed by atoms with Crippen molar-refractivity contribution in [3.8, 4) is 22.8 Å². The number of ether oxygens (including phenoxy) is 2. The van der Waals surface area contributed by atoms with Crippen molar-refractivity contribution in [1.29, 1.82) is 0 Å². The normalized spacial score (nSPS) is 14.6. The van der Waals surface area contributed by atoms with Gasteiger partial charge >= 0.3 is 0 Å². The first-order chi connectivity index (χ1) is 16.3. The zero-order chi connectivity index (χ0) is 22.5. The molecule has 0 saturated carbocycles. The maximum Gasteiger partial charge on any atom is 0.253 e. The predicted octanol–water partition coefficient (Wildman–Crippen LogP) is 3.85. The van der Waals surface area contributed by atoms with E-state index >= 15 is 0 Å². The molecule has 0 saturated heterocycles. The minimum Gasteiger partial charge on any atom is -0.491 e. The van der Waals surface area contributed by atoms with Crippen LogP contribution in [-0.4, -0.2) is 33.5 Å². The number of rotatable bonds is 6. The Balaban J connectivity index is 1.23. The van der Waals surface area contributed by atoms with E-state index in [0.29, 0.717) is 31.1 Å². The molecule has 0 radical (unpaired) electrons. The number of amides is 1. The standard InChI is InChI=1S/C26H22N4O3/c31-26(20-6-7-25(29-15-20)33-16-18-3-2-10-28-14-18)30-21-13-23-22(19-8-11-27-12-9-19)4-1-5-24(23)32-17-21/h1-12,14-15,21H,13,16-17H2,(H,30,31)/t21-/m0/s1. The van der Waals surface area contributed by atoms with E-state index in [1.54, 1.807) is 36.9 Å². The van der Waals surface area contributed by atoms with E-state index in [1.165, 1.54) is 6.20 Å². The zero-order valence-electron chi connectivity index (χ0n) is 17.8. The Bertz CT molecular complexity index is 1230. The maximum atomic E-state index is 12.8. The Kier molecular flexibility index (Phi) is 5.93. The van der Waals surface area contributed by atoms with Crippen LogP contribution in [0, 0.1) is 0 Å². The van der Waals surface area contributed by atoms with Crippen molar-refractivity contribution in [2.24, 2.45) is 0 Å². The maximum absolute atomic E-state index is 12.8. The molecule has 1 N–H and O–H groups in total. The number of benzene rings is 1. The van der Waals surface area contributed by atoms with Gasteiger partial charge in [-0.05, 0) is 41.5 Å². The van der Waals surface area contributed by atoms with Crippen molar-refractivity contribution in [2.45, 2.75) is 19.1 Å². The molecule has 7 nitrogen and oxygen atoms in total. The van der Waals surface area contributed by atoms with Gasteiger partial charge in [0.15, 0.2) is 0 Å². The molecule has 4 aromatic rings. The topological polar surface area (TPSA) is 86.2 Å². The molecule has 0 unspecified atom stereocenters. The zero-order valence-corrected chi connectivity index (χ0v) is 17.8. The number of nitrogens with zero attached hydrogens (tertiary/aromatic N) is 3. The molecular formula is C26H22N4O3. The van der Waals surface area contributed by atoms with Crippen LogP contribution in [0.5, 0.6) is 11.6 Å². The summed E-state index contributed by atoms with van der Waals surface area (Å²) < 4.78 is 11.6. The molecule has 4 heterocycles. The number of carbonyl (C=O) groups excluding carboxylic acids is 1. The van der Waals surface area contributed by atoms with Gasteiger partial charge in [0.25, 0.3) is 5.91 Å². The van der Waals surface area contributed by atoms with Gasteiger partial charge in [-0.15, -0.1) is 0 Å². The van der Waals surface area contributed by atoms with Gasteiger partial charge in [0.2, 0.25) is 5.88 Å². The SMILES string of the molecule is O=C(N[C@@H]1COc2cccc(-c3ccncc3)c2C1)c1ccc(OCc2cccnc2)nc1. The van der Waals surface area contributed by atoms with Crippen molar-refractivity contribution in [3.63, 3.8) is 0 Å². The summed E-state index contributed by atoms with van der Waals surface area (Å²) in [6.07, 6.45) is 9.20. The number of hydrogen-bond acceptors (Lipinski definition) is 6. The lowest BCUT2D eigenvalue weighted by Crippen LogP contribution is -2.42. The first-order valence-corrected chi connectivity index (χ1v) is 10.7. The molecule has 0 spiro atoms. The molecular weight excluding hydrogens is 416 g/mol. The highest BCUT2D eigenvalue weighted by Gasteiger charge is 2.24. The fourth-order valence-corrected chi connectivity index (χ4v) is 3.81. The molecule has 164 valence electrons. The van der Waals surface area contributed by atoms with Gasteiger partial charge in [0, 0.05) is 54.6 Å². The summed E-state index contributed by atoms with van der Waals surface area (Å²) in [5, 5.41) is 3.07. The van der Waals surface area contributed by atoms with Crippen molar-refractivity contribution in [3.05, 3.63) is 102 Å². The number of hydrogen-bond donors (Lipinski definition) is 1. The van der Waals surface area contributed by atoms with Gasteiger partial charge < -0.3 is 14.8 Å². The monoisotopic (exact) mass is 438 g/mol. The van der Waals surface area contributed by atoms with Crippen LogP contribution in [0.4, 0.5) is 0 Å². The Labute approximate surface area is 191 Å². The summed E-state index contributed by atoms with van der Waals surface area (Å²) in [5.74, 6) is 1.11. The smallest absolute Gasteiger partial charge is 0.253 e. The number of nitrogens with one attached hydrogen (secondary N) is 1. The second-order valence-corrected chi connectivity index (χ2v) is 7.74. The van der Waals surface area contributed by atoms with Crippen LogP contribution in [0.1, 0.15) is 21.5 Å². The third kappa shape index (κ3) is 4.82. The lowest BCUT2D eigenvalue weighted by atomic mass is 9.93. The first-order valence-electron chi connectivity index (χ1n) is 10.7. The van der Waals surface area contributed by atoms with Crippen LogP contribution >= 0.6 is 0 Å². The largest absolute Gasteiger partial charge is 0.491 e. The Hall–Kier alpha value is -4.26. The van der Waals surface area contributed by atoms with Crippen LogP contribution in [0.25, 0.3) is 11.1 Å². The lowest BCUT2D eigenvalue weighted by molar-refractivity contribution is 0.0915. The van der Waals surface area contributed by atoms with Crippen molar-refractivity contribution in [2.75, 3.05) is 6.61 Å². The molecule has 7 heteroatoms. The van der Waals surface area contributed by atoms with E-state index in [0.717, 1.165) is 28.0 Å². The van der Waals surface area contributed by atoms with Crippen LogP contribution in [0.2, 0.25) is 0 Å². The van der Waals surface area contributed by atoms with Gasteiger partial charge in [-0.25, -0.2) is 4.98 Å². The second-order valence-electron chi connectivity index (χ2n) is 7.74. The summed E-state index contributed by atoms with van der Waals surface area (Å²) in [6.45, 7) is 0.781. The Morgan fingerprint density at radius 3 is 2.70 bits per heavy atom. The number of fused-ring (bicyclic) bond motifs is 1. The number of carbonyl (C=O) groups is 1. The summed E-state index contributed by atoms with van der Waals surface area (Å²) in [4.78, 5) is 25.2. The molecule has 0 fully saturated rings. The molecule has 0 bridgehead atoms. The van der Waals surface area contributed by atoms with Gasteiger partial charge in [0.1, 0.15) is 19.0 Å². The van der Waals surface area contributed by atoms with Crippen LogP contribution < -0.4 is 14.8 Å². The molecule has 5 rings (SSSR count). The van der Waals surface area contributed by atoms with Crippen molar-refractivity contribution >= 4 is 5.91 Å². The molecule has 1 amide bonds. The van der Waals surface area contributed by atoms with Crippen LogP contribution in [-0.2, 0) is 13.0 Å². The predicted molar refractivity (Wildman–Crippen MR) is 123 cm³/mol. The lowest BCUT2D eigenvalue weighted by Gasteiger charge is -2.28. The highest BCUT2D eigenvalue weighted by atomic mass is 16.5. The van der Waals surface area contributed by atoms with E-state index in [-0.39, 0.29) is 11.9 Å². The summed E-state index contributed by atoms with van der Waals surface area (Å²) >= 11 is 0. The minimum absolute atomic E-state index is 0.144. The molecule has 1 atom stereocenters. The molecule has 0 aliphatic carbocycles. The average molecular weight is 438 g/mol. The second kappa shape index (κ2) is 9.48. The highest BCUT2D eigenvalue weighted by Crippen LogP contribution is 2.34. The van der Waals surface area contributed by atoms with Gasteiger partial charge in [0.05, 0.1) is 11.6 Å². The van der Waals surface area contributed by atoms with E-state index in [2.05, 4.69) is 26.3 Å². The summed E-state index contributed by atoms with van der Waals surface area (Å²) in [6, 6.07) is 17.0. The molecule has 3 aromatic heterocycles. The number of aromatic nitrogens is 3. The van der Waals surface area contributed by atoms with Gasteiger partial charge in [-0.2, -0.15) is 0 Å². The van der Waals surface area contributed by atoms with Gasteiger partial charge in [-0.1, -0.05) is 18.2 Å². The third-order valence-electron chi connectivity index (χ3n) is 5.46.